The highest BCUT2D eigenvalue weighted by Gasteiger charge is 2.17. The van der Waals surface area contributed by atoms with Gasteiger partial charge in [-0.05, 0) is 50.7 Å². The van der Waals surface area contributed by atoms with Crippen molar-refractivity contribution in [2.45, 2.75) is 31.1 Å². The average molecular weight is 286 g/mol. The first kappa shape index (κ1) is 14.0. The predicted molar refractivity (Wildman–Crippen MR) is 80.1 cm³/mol. The van der Waals surface area contributed by atoms with Crippen LogP contribution in [0.2, 0.25) is 5.02 Å². The molecule has 0 saturated carbocycles. The van der Waals surface area contributed by atoms with Gasteiger partial charge in [-0.2, -0.15) is 11.8 Å². The lowest BCUT2D eigenvalue weighted by Crippen LogP contribution is -2.25. The summed E-state index contributed by atoms with van der Waals surface area (Å²) in [5.74, 6) is 0.547. The van der Waals surface area contributed by atoms with Crippen molar-refractivity contribution in [1.29, 1.82) is 0 Å². The Morgan fingerprint density at radius 2 is 2.28 bits per heavy atom. The Morgan fingerprint density at radius 3 is 3.06 bits per heavy atom. The lowest BCUT2D eigenvalue weighted by atomic mass is 10.2. The summed E-state index contributed by atoms with van der Waals surface area (Å²) in [5.41, 5.74) is 6.62. The first-order chi connectivity index (χ1) is 8.69. The second-order valence-corrected chi connectivity index (χ2v) is 6.27. The van der Waals surface area contributed by atoms with Crippen LogP contribution in [0, 0.1) is 0 Å². The Kier molecular flexibility index (Phi) is 5.15. The van der Waals surface area contributed by atoms with Crippen molar-refractivity contribution in [2.75, 3.05) is 25.1 Å². The maximum atomic E-state index is 6.16. The van der Waals surface area contributed by atoms with E-state index in [-0.39, 0.29) is 0 Å². The normalized spacial score (nSPS) is 21.8. The minimum absolute atomic E-state index is 0.547. The van der Waals surface area contributed by atoms with Gasteiger partial charge in [0.25, 0.3) is 0 Å². The van der Waals surface area contributed by atoms with E-state index in [0.29, 0.717) is 5.82 Å². The molecule has 1 saturated heterocycles. The van der Waals surface area contributed by atoms with Crippen LogP contribution in [-0.2, 0) is 6.54 Å². The maximum absolute atomic E-state index is 6.16. The predicted octanol–water partition coefficient (Wildman–Crippen LogP) is 3.03. The highest BCUT2D eigenvalue weighted by molar-refractivity contribution is 7.99. The average Bonchev–Trinajstić information content (AvgIpc) is 2.59. The van der Waals surface area contributed by atoms with Crippen molar-refractivity contribution in [3.05, 3.63) is 22.8 Å². The number of hydrogen-bond acceptors (Lipinski definition) is 4. The first-order valence-electron chi connectivity index (χ1n) is 6.35. The van der Waals surface area contributed by atoms with Crippen LogP contribution in [0.25, 0.3) is 0 Å². The Bertz CT molecular complexity index is 400. The number of aromatic nitrogens is 1. The molecule has 1 aliphatic rings. The number of halogens is 1. The van der Waals surface area contributed by atoms with Gasteiger partial charge in [-0.3, -0.25) is 4.90 Å². The minimum atomic E-state index is 0.547. The summed E-state index contributed by atoms with van der Waals surface area (Å²) in [6.45, 7) is 3.06. The molecular weight excluding hydrogens is 266 g/mol. The molecule has 1 aliphatic heterocycles. The van der Waals surface area contributed by atoms with E-state index in [0.717, 1.165) is 35.6 Å². The Balaban J connectivity index is 1.98. The second-order valence-electron chi connectivity index (χ2n) is 4.73. The van der Waals surface area contributed by atoms with E-state index in [1.54, 1.807) is 6.07 Å². The van der Waals surface area contributed by atoms with Crippen molar-refractivity contribution in [3.63, 3.8) is 0 Å². The highest BCUT2D eigenvalue weighted by Crippen LogP contribution is 2.23. The van der Waals surface area contributed by atoms with Gasteiger partial charge in [0.2, 0.25) is 0 Å². The quantitative estimate of drug-likeness (QED) is 0.927. The molecule has 0 aromatic carbocycles. The van der Waals surface area contributed by atoms with Crippen LogP contribution in [0.3, 0.4) is 0 Å². The summed E-state index contributed by atoms with van der Waals surface area (Å²) in [7, 11) is 0. The zero-order chi connectivity index (χ0) is 13.0. The van der Waals surface area contributed by atoms with E-state index in [1.165, 1.54) is 19.3 Å². The Labute approximate surface area is 118 Å². The van der Waals surface area contributed by atoms with Crippen molar-refractivity contribution in [1.82, 2.24) is 9.88 Å². The van der Waals surface area contributed by atoms with Crippen LogP contribution in [0.15, 0.2) is 12.1 Å². The van der Waals surface area contributed by atoms with Crippen molar-refractivity contribution in [2.24, 2.45) is 0 Å². The van der Waals surface area contributed by atoms with Crippen LogP contribution in [-0.4, -0.2) is 34.5 Å². The van der Waals surface area contributed by atoms with Gasteiger partial charge in [-0.15, -0.1) is 0 Å². The lowest BCUT2D eigenvalue weighted by Gasteiger charge is -2.20. The van der Waals surface area contributed by atoms with Crippen molar-refractivity contribution in [3.8, 4) is 0 Å². The number of nitrogens with zero attached hydrogens (tertiary/aromatic N) is 2. The lowest BCUT2D eigenvalue weighted by molar-refractivity contribution is 0.274. The summed E-state index contributed by atoms with van der Waals surface area (Å²) in [6.07, 6.45) is 6.03. The van der Waals surface area contributed by atoms with Gasteiger partial charge in [0, 0.05) is 11.8 Å². The van der Waals surface area contributed by atoms with Crippen LogP contribution >= 0.6 is 23.4 Å². The third-order valence-corrected chi connectivity index (χ3v) is 4.90. The minimum Gasteiger partial charge on any atom is -0.384 e. The van der Waals surface area contributed by atoms with Gasteiger partial charge in [0.05, 0.1) is 10.7 Å². The molecule has 1 fully saturated rings. The Morgan fingerprint density at radius 1 is 1.44 bits per heavy atom. The molecule has 18 heavy (non-hydrogen) atoms. The van der Waals surface area contributed by atoms with Crippen LogP contribution in [0.4, 0.5) is 5.82 Å². The van der Waals surface area contributed by atoms with Gasteiger partial charge in [-0.25, -0.2) is 4.98 Å². The van der Waals surface area contributed by atoms with Gasteiger partial charge >= 0.3 is 0 Å². The fourth-order valence-corrected chi connectivity index (χ4v) is 3.25. The molecular formula is C13H20ClN3S. The number of anilines is 1. The van der Waals surface area contributed by atoms with E-state index in [4.69, 9.17) is 17.3 Å². The molecule has 0 bridgehead atoms. The van der Waals surface area contributed by atoms with Gasteiger partial charge in [0.1, 0.15) is 5.82 Å². The SMILES string of the molecule is CSC1CCCN(Cc2nc(N)ccc2Cl)CC1. The molecule has 0 radical (unpaired) electrons. The molecule has 2 rings (SSSR count). The molecule has 2 heterocycles. The number of likely N-dealkylation sites (tertiary alicyclic amines) is 1. The third-order valence-electron chi connectivity index (χ3n) is 3.41. The summed E-state index contributed by atoms with van der Waals surface area (Å²) in [5, 5.41) is 1.52. The van der Waals surface area contributed by atoms with E-state index in [2.05, 4.69) is 16.1 Å². The highest BCUT2D eigenvalue weighted by atomic mass is 35.5. The van der Waals surface area contributed by atoms with E-state index in [9.17, 15) is 0 Å². The molecule has 1 aromatic heterocycles. The summed E-state index contributed by atoms with van der Waals surface area (Å²) < 4.78 is 0. The molecule has 1 aromatic rings. The third kappa shape index (κ3) is 3.77. The topological polar surface area (TPSA) is 42.2 Å². The summed E-state index contributed by atoms with van der Waals surface area (Å²) in [6, 6.07) is 3.58. The molecule has 0 spiro atoms. The molecule has 0 aliphatic carbocycles. The van der Waals surface area contributed by atoms with Crippen molar-refractivity contribution >= 4 is 29.2 Å². The summed E-state index contributed by atoms with van der Waals surface area (Å²) in [4.78, 5) is 6.77. The smallest absolute Gasteiger partial charge is 0.123 e. The zero-order valence-corrected chi connectivity index (χ0v) is 12.3. The molecule has 1 unspecified atom stereocenters. The number of pyridine rings is 1. The molecule has 2 N–H and O–H groups in total. The van der Waals surface area contributed by atoms with Gasteiger partial charge in [0.15, 0.2) is 0 Å². The Hall–Kier alpha value is -0.450. The second kappa shape index (κ2) is 6.64. The number of rotatable bonds is 3. The van der Waals surface area contributed by atoms with Crippen LogP contribution < -0.4 is 5.73 Å². The van der Waals surface area contributed by atoms with Crippen LogP contribution in [0.1, 0.15) is 25.0 Å². The summed E-state index contributed by atoms with van der Waals surface area (Å²) >= 11 is 8.15. The monoisotopic (exact) mass is 285 g/mol. The fraction of sp³-hybridized carbons (Fsp3) is 0.615. The van der Waals surface area contributed by atoms with Crippen LogP contribution in [0.5, 0.6) is 0 Å². The van der Waals surface area contributed by atoms with E-state index in [1.807, 2.05) is 17.8 Å². The standard InChI is InChI=1S/C13H20ClN3S/c1-18-10-3-2-7-17(8-6-10)9-12-11(14)4-5-13(15)16-12/h4-5,10H,2-3,6-9H2,1H3,(H2,15,16). The maximum Gasteiger partial charge on any atom is 0.123 e. The number of nitrogen functional groups attached to an aromatic ring is 1. The van der Waals surface area contributed by atoms with Gasteiger partial charge in [-0.1, -0.05) is 11.6 Å². The largest absolute Gasteiger partial charge is 0.384 e. The molecule has 1 atom stereocenters. The molecule has 3 nitrogen and oxygen atoms in total. The number of nitrogens with two attached hydrogens (primary N) is 1. The van der Waals surface area contributed by atoms with Crippen molar-refractivity contribution < 1.29 is 0 Å². The number of hydrogen-bond donors (Lipinski definition) is 1. The molecule has 0 amide bonds. The van der Waals surface area contributed by atoms with E-state index < -0.39 is 0 Å². The molecule has 100 valence electrons. The first-order valence-corrected chi connectivity index (χ1v) is 8.01. The fourth-order valence-electron chi connectivity index (χ4n) is 2.34. The van der Waals surface area contributed by atoms with Gasteiger partial charge < -0.3 is 5.73 Å². The molecule has 5 heteroatoms. The number of thioether (sulfide) groups is 1. The van der Waals surface area contributed by atoms with E-state index >= 15 is 0 Å². The zero-order valence-electron chi connectivity index (χ0n) is 10.7.